The summed E-state index contributed by atoms with van der Waals surface area (Å²) in [5.74, 6) is 0.754. The molecule has 35 heavy (non-hydrogen) atoms. The fraction of sp³-hybridized carbons (Fsp3) is 0.750. The van der Waals surface area contributed by atoms with Crippen LogP contribution in [0.4, 0.5) is 4.79 Å². The number of unbranched alkanes of at least 4 members (excludes halogenated alkanes) is 1. The van der Waals surface area contributed by atoms with Crippen LogP contribution in [-0.2, 0) is 10.3 Å². The summed E-state index contributed by atoms with van der Waals surface area (Å²) in [7, 11) is 1.70. The Balaban J connectivity index is 1.55. The van der Waals surface area contributed by atoms with Crippen molar-refractivity contribution in [1.29, 1.82) is 0 Å². The second-order valence-corrected chi connectivity index (χ2v) is 11.1. The Kier molecular flexibility index (Phi) is 11.6. The second-order valence-electron chi connectivity index (χ2n) is 10.7. The molecule has 1 heterocycles. The summed E-state index contributed by atoms with van der Waals surface area (Å²) >= 11 is 6.28. The van der Waals surface area contributed by atoms with Crippen molar-refractivity contribution in [3.8, 4) is 0 Å². The number of carbonyl (C=O) groups is 1. The highest BCUT2D eigenvalue weighted by Crippen LogP contribution is 2.40. The van der Waals surface area contributed by atoms with Crippen LogP contribution in [0.15, 0.2) is 24.3 Å². The number of nitrogens with two attached hydrogens (primary N) is 1. The Bertz CT molecular complexity index is 774. The Labute approximate surface area is 216 Å². The maximum Gasteiger partial charge on any atom is 0.317 e. The molecule has 0 bridgehead atoms. The number of halogens is 1. The first-order valence-corrected chi connectivity index (χ1v) is 14.1. The first-order chi connectivity index (χ1) is 16.9. The van der Waals surface area contributed by atoms with Gasteiger partial charge in [-0.3, -0.25) is 0 Å². The summed E-state index contributed by atoms with van der Waals surface area (Å²) in [6.45, 7) is 2.40. The lowest BCUT2D eigenvalue weighted by Crippen LogP contribution is -2.52. The number of urea groups is 1. The SMILES string of the molecule is COCCCC[C@@](O)(c1cccc(Cl)c1)[C@@H]1CCCN(C(=O)NC[C@@H](N)CCC2CCCCC2)C1. The van der Waals surface area contributed by atoms with E-state index in [4.69, 9.17) is 22.1 Å². The van der Waals surface area contributed by atoms with Crippen LogP contribution in [0.1, 0.15) is 82.6 Å². The van der Waals surface area contributed by atoms with Crippen LogP contribution >= 0.6 is 11.6 Å². The number of aliphatic hydroxyl groups is 1. The van der Waals surface area contributed by atoms with Crippen LogP contribution in [0.2, 0.25) is 5.02 Å². The molecule has 3 rings (SSSR count). The Morgan fingerprint density at radius 1 is 1.26 bits per heavy atom. The highest BCUT2D eigenvalue weighted by molar-refractivity contribution is 6.30. The molecular weight excluding hydrogens is 462 g/mol. The number of amides is 2. The molecule has 1 saturated carbocycles. The molecule has 6 nitrogen and oxygen atoms in total. The summed E-state index contributed by atoms with van der Waals surface area (Å²) in [5.41, 5.74) is 6.14. The molecule has 0 aromatic heterocycles. The normalized spacial score (nSPS) is 21.9. The van der Waals surface area contributed by atoms with E-state index in [0.29, 0.717) is 37.7 Å². The zero-order valence-corrected chi connectivity index (χ0v) is 22.3. The van der Waals surface area contributed by atoms with E-state index in [1.54, 1.807) is 7.11 Å². The van der Waals surface area contributed by atoms with E-state index in [2.05, 4.69) is 5.32 Å². The quantitative estimate of drug-likeness (QED) is 0.328. The van der Waals surface area contributed by atoms with Gasteiger partial charge in [-0.05, 0) is 68.6 Å². The molecule has 1 aliphatic carbocycles. The second kappa shape index (κ2) is 14.4. The largest absolute Gasteiger partial charge is 0.385 e. The molecule has 1 aromatic rings. The average molecular weight is 508 g/mol. The van der Waals surface area contributed by atoms with E-state index in [9.17, 15) is 9.90 Å². The number of hydrogen-bond donors (Lipinski definition) is 3. The first kappa shape index (κ1) is 28.2. The molecule has 1 aromatic carbocycles. The van der Waals surface area contributed by atoms with E-state index in [0.717, 1.165) is 43.6 Å². The minimum atomic E-state index is -1.03. The number of ether oxygens (including phenoxy) is 1. The molecule has 2 amide bonds. The predicted octanol–water partition coefficient (Wildman–Crippen LogP) is 5.45. The van der Waals surface area contributed by atoms with E-state index in [1.807, 2.05) is 29.2 Å². The van der Waals surface area contributed by atoms with Gasteiger partial charge in [0.1, 0.15) is 0 Å². The van der Waals surface area contributed by atoms with Gasteiger partial charge in [-0.15, -0.1) is 0 Å². The van der Waals surface area contributed by atoms with Crippen LogP contribution in [0, 0.1) is 11.8 Å². The highest BCUT2D eigenvalue weighted by Gasteiger charge is 2.41. The monoisotopic (exact) mass is 507 g/mol. The van der Waals surface area contributed by atoms with E-state index in [1.165, 1.54) is 38.5 Å². The number of rotatable bonds is 12. The molecule has 7 heteroatoms. The van der Waals surface area contributed by atoms with Gasteiger partial charge < -0.3 is 25.8 Å². The maximum absolute atomic E-state index is 13.0. The number of hydrogen-bond acceptors (Lipinski definition) is 4. The number of nitrogens with zero attached hydrogens (tertiary/aromatic N) is 1. The predicted molar refractivity (Wildman–Crippen MR) is 143 cm³/mol. The van der Waals surface area contributed by atoms with Gasteiger partial charge in [-0.1, -0.05) is 55.8 Å². The molecule has 2 fully saturated rings. The van der Waals surface area contributed by atoms with Crippen LogP contribution in [0.3, 0.4) is 0 Å². The van der Waals surface area contributed by atoms with Gasteiger partial charge in [0.2, 0.25) is 0 Å². The van der Waals surface area contributed by atoms with Crippen molar-refractivity contribution < 1.29 is 14.6 Å². The fourth-order valence-electron chi connectivity index (χ4n) is 5.89. The van der Waals surface area contributed by atoms with Gasteiger partial charge in [-0.25, -0.2) is 4.79 Å². The van der Waals surface area contributed by atoms with E-state index < -0.39 is 5.60 Å². The number of carbonyl (C=O) groups excluding carboxylic acids is 1. The van der Waals surface area contributed by atoms with Crippen LogP contribution < -0.4 is 11.1 Å². The number of piperidine rings is 1. The maximum atomic E-state index is 13.0. The summed E-state index contributed by atoms with van der Waals surface area (Å²) in [5, 5.41) is 15.6. The first-order valence-electron chi connectivity index (χ1n) is 13.7. The van der Waals surface area contributed by atoms with Crippen molar-refractivity contribution in [2.45, 2.75) is 88.7 Å². The highest BCUT2D eigenvalue weighted by atomic mass is 35.5. The molecule has 0 radical (unpaired) electrons. The van der Waals surface area contributed by atoms with Gasteiger partial charge in [0.05, 0.1) is 5.60 Å². The Morgan fingerprint density at radius 3 is 2.80 bits per heavy atom. The third-order valence-corrected chi connectivity index (χ3v) is 8.29. The van der Waals surface area contributed by atoms with Crippen molar-refractivity contribution >= 4 is 17.6 Å². The molecule has 198 valence electrons. The molecule has 2 aliphatic rings. The number of likely N-dealkylation sites (tertiary alicyclic amines) is 1. The van der Waals surface area contributed by atoms with Gasteiger partial charge >= 0.3 is 6.03 Å². The lowest BCUT2D eigenvalue weighted by atomic mass is 9.74. The zero-order valence-electron chi connectivity index (χ0n) is 21.5. The third-order valence-electron chi connectivity index (χ3n) is 8.05. The average Bonchev–Trinajstić information content (AvgIpc) is 2.89. The molecule has 0 spiro atoms. The number of benzene rings is 1. The van der Waals surface area contributed by atoms with E-state index >= 15 is 0 Å². The van der Waals surface area contributed by atoms with Crippen molar-refractivity contribution in [2.75, 3.05) is 33.4 Å². The van der Waals surface area contributed by atoms with Gasteiger partial charge in [0, 0.05) is 50.3 Å². The van der Waals surface area contributed by atoms with Crippen LogP contribution in [-0.4, -0.2) is 55.4 Å². The van der Waals surface area contributed by atoms with Crippen molar-refractivity contribution in [3.63, 3.8) is 0 Å². The van der Waals surface area contributed by atoms with Gasteiger partial charge in [0.15, 0.2) is 0 Å². The molecular formula is C28H46ClN3O3. The standard InChI is InChI=1S/C28H46ClN3O3/c1-35-18-6-5-16-28(34,23-11-7-13-25(29)19-23)24-12-8-17-32(21-24)27(33)31-20-26(30)15-14-22-9-3-2-4-10-22/h7,11,13,19,22,24,26,34H,2-6,8-10,12,14-18,20-21,30H2,1H3,(H,31,33)/t24-,26+,28-/m1/s1. The summed E-state index contributed by atoms with van der Waals surface area (Å²) in [4.78, 5) is 14.9. The smallest absolute Gasteiger partial charge is 0.317 e. The minimum absolute atomic E-state index is 0.00867. The van der Waals surface area contributed by atoms with Crippen LogP contribution in [0.25, 0.3) is 0 Å². The third kappa shape index (κ3) is 8.63. The van der Waals surface area contributed by atoms with Crippen molar-refractivity contribution in [3.05, 3.63) is 34.9 Å². The van der Waals surface area contributed by atoms with Gasteiger partial charge in [-0.2, -0.15) is 0 Å². The molecule has 1 aliphatic heterocycles. The van der Waals surface area contributed by atoms with Crippen molar-refractivity contribution in [1.82, 2.24) is 10.2 Å². The summed E-state index contributed by atoms with van der Waals surface area (Å²) in [6, 6.07) is 7.45. The van der Waals surface area contributed by atoms with Gasteiger partial charge in [0.25, 0.3) is 0 Å². The molecule has 1 saturated heterocycles. The summed E-state index contributed by atoms with van der Waals surface area (Å²) < 4.78 is 5.20. The van der Waals surface area contributed by atoms with Crippen molar-refractivity contribution in [2.24, 2.45) is 17.6 Å². The summed E-state index contributed by atoms with van der Waals surface area (Å²) in [6.07, 6.45) is 12.9. The Hall–Kier alpha value is -1.34. The minimum Gasteiger partial charge on any atom is -0.385 e. The molecule has 0 unspecified atom stereocenters. The zero-order chi connectivity index (χ0) is 25.1. The lowest BCUT2D eigenvalue weighted by molar-refractivity contribution is -0.0562. The van der Waals surface area contributed by atoms with E-state index in [-0.39, 0.29) is 18.0 Å². The molecule has 4 N–H and O–H groups in total. The fourth-order valence-corrected chi connectivity index (χ4v) is 6.08. The lowest BCUT2D eigenvalue weighted by Gasteiger charge is -2.43. The molecule has 3 atom stereocenters. The Morgan fingerprint density at radius 2 is 2.06 bits per heavy atom. The number of methoxy groups -OCH3 is 1. The number of nitrogens with one attached hydrogen (secondary N) is 1. The van der Waals surface area contributed by atoms with Crippen LogP contribution in [0.5, 0.6) is 0 Å². The topological polar surface area (TPSA) is 87.8 Å².